The Kier molecular flexibility index (Phi) is 5.87. The lowest BCUT2D eigenvalue weighted by atomic mass is 10.1. The summed E-state index contributed by atoms with van der Waals surface area (Å²) in [5.74, 6) is -0.831. The molecular formula is C18H24N4O5S. The second-order valence-corrected chi connectivity index (χ2v) is 9.43. The van der Waals surface area contributed by atoms with Gasteiger partial charge in [0.2, 0.25) is 5.91 Å². The molecule has 1 aliphatic carbocycles. The number of urea groups is 1. The van der Waals surface area contributed by atoms with Gasteiger partial charge < -0.3 is 20.9 Å². The number of benzene rings is 1. The summed E-state index contributed by atoms with van der Waals surface area (Å²) in [6.45, 7) is 1.86. The summed E-state index contributed by atoms with van der Waals surface area (Å²) < 4.78 is 22.9. The van der Waals surface area contributed by atoms with Crippen LogP contribution >= 0.6 is 0 Å². The summed E-state index contributed by atoms with van der Waals surface area (Å²) in [5, 5.41) is 8.13. The van der Waals surface area contributed by atoms with E-state index in [4.69, 9.17) is 0 Å². The number of nitrogens with one attached hydrogen (secondary N) is 3. The number of carbonyl (C=O) groups is 3. The first-order valence-corrected chi connectivity index (χ1v) is 11.0. The predicted molar refractivity (Wildman–Crippen MR) is 104 cm³/mol. The van der Waals surface area contributed by atoms with E-state index >= 15 is 0 Å². The van der Waals surface area contributed by atoms with Gasteiger partial charge in [0.25, 0.3) is 5.91 Å². The Balaban J connectivity index is 1.50. The number of carbonyl (C=O) groups excluding carboxylic acids is 3. The van der Waals surface area contributed by atoms with Gasteiger partial charge >= 0.3 is 6.03 Å². The molecule has 3 N–H and O–H groups in total. The fourth-order valence-electron chi connectivity index (χ4n) is 2.83. The van der Waals surface area contributed by atoms with Crippen molar-refractivity contribution in [1.29, 1.82) is 0 Å². The molecule has 2 aliphatic rings. The van der Waals surface area contributed by atoms with E-state index in [9.17, 15) is 22.8 Å². The number of hydrogen-bond donors (Lipinski definition) is 3. The maximum absolute atomic E-state index is 12.4. The highest BCUT2D eigenvalue weighted by Crippen LogP contribution is 2.19. The fraction of sp³-hybridized carbons (Fsp3) is 0.500. The zero-order chi connectivity index (χ0) is 20.3. The zero-order valence-electron chi connectivity index (χ0n) is 15.6. The van der Waals surface area contributed by atoms with Crippen LogP contribution in [0.3, 0.4) is 0 Å². The minimum atomic E-state index is -3.07. The smallest absolute Gasteiger partial charge is 0.319 e. The molecule has 0 spiro atoms. The molecule has 0 radical (unpaired) electrons. The Bertz CT molecular complexity index is 850. The summed E-state index contributed by atoms with van der Waals surface area (Å²) in [7, 11) is -3.07. The standard InChI is InChI=1S/C18H24N4O5S/c1-12(17(24)22-8-10-28(26,27)11-9-22)19-16(23)13-2-4-14(5-3-13)20-18(25)21-15-6-7-15/h2-5,12,15H,6-11H2,1H3,(H,19,23)(H2,20,21,25). The van der Waals surface area contributed by atoms with Crippen LogP contribution in [0, 0.1) is 0 Å². The lowest BCUT2D eigenvalue weighted by molar-refractivity contribution is -0.132. The molecule has 1 saturated heterocycles. The Morgan fingerprint density at radius 1 is 1.07 bits per heavy atom. The van der Waals surface area contributed by atoms with Crippen molar-refractivity contribution >= 4 is 33.4 Å². The van der Waals surface area contributed by atoms with E-state index in [1.807, 2.05) is 0 Å². The van der Waals surface area contributed by atoms with Crippen molar-refractivity contribution < 1.29 is 22.8 Å². The third-order valence-corrected chi connectivity index (χ3v) is 6.30. The molecule has 0 bridgehead atoms. The molecule has 1 atom stereocenters. The summed E-state index contributed by atoms with van der Waals surface area (Å²) >= 11 is 0. The summed E-state index contributed by atoms with van der Waals surface area (Å²) in [5.41, 5.74) is 0.919. The minimum absolute atomic E-state index is 0.0534. The van der Waals surface area contributed by atoms with Crippen LogP contribution in [-0.4, -0.2) is 67.8 Å². The lowest BCUT2D eigenvalue weighted by Gasteiger charge is -2.29. The van der Waals surface area contributed by atoms with Gasteiger partial charge in [-0.25, -0.2) is 13.2 Å². The Labute approximate surface area is 163 Å². The fourth-order valence-corrected chi connectivity index (χ4v) is 4.03. The normalized spacial score (nSPS) is 19.4. The lowest BCUT2D eigenvalue weighted by Crippen LogP contribution is -2.51. The first-order valence-electron chi connectivity index (χ1n) is 9.21. The van der Waals surface area contributed by atoms with Crippen LogP contribution in [0.5, 0.6) is 0 Å². The molecule has 28 heavy (non-hydrogen) atoms. The Hall–Kier alpha value is -2.62. The van der Waals surface area contributed by atoms with Crippen LogP contribution in [-0.2, 0) is 14.6 Å². The van der Waals surface area contributed by atoms with E-state index in [1.54, 1.807) is 31.2 Å². The monoisotopic (exact) mass is 408 g/mol. The van der Waals surface area contributed by atoms with Gasteiger partial charge in [-0.2, -0.15) is 0 Å². The molecule has 1 saturated carbocycles. The maximum Gasteiger partial charge on any atom is 0.319 e. The quantitative estimate of drug-likeness (QED) is 0.648. The first kappa shape index (κ1) is 20.1. The van der Waals surface area contributed by atoms with Gasteiger partial charge in [-0.05, 0) is 44.0 Å². The molecule has 0 aromatic heterocycles. The Morgan fingerprint density at radius 2 is 1.68 bits per heavy atom. The molecule has 4 amide bonds. The van der Waals surface area contributed by atoms with E-state index in [1.165, 1.54) is 4.90 Å². The van der Waals surface area contributed by atoms with Gasteiger partial charge in [-0.15, -0.1) is 0 Å². The Morgan fingerprint density at radius 3 is 2.25 bits per heavy atom. The van der Waals surface area contributed by atoms with Crippen LogP contribution in [0.2, 0.25) is 0 Å². The van der Waals surface area contributed by atoms with Crippen molar-refractivity contribution in [3.63, 3.8) is 0 Å². The third kappa shape index (κ3) is 5.44. The van der Waals surface area contributed by atoms with Gasteiger partial charge in [-0.3, -0.25) is 9.59 Å². The van der Waals surface area contributed by atoms with E-state index in [-0.39, 0.29) is 42.6 Å². The summed E-state index contributed by atoms with van der Waals surface area (Å²) in [4.78, 5) is 37.9. The van der Waals surface area contributed by atoms with Crippen LogP contribution in [0.25, 0.3) is 0 Å². The highest BCUT2D eigenvalue weighted by Gasteiger charge is 2.28. The van der Waals surface area contributed by atoms with Crippen LogP contribution in [0.4, 0.5) is 10.5 Å². The van der Waals surface area contributed by atoms with Crippen molar-refractivity contribution in [2.24, 2.45) is 0 Å². The number of sulfone groups is 1. The highest BCUT2D eigenvalue weighted by molar-refractivity contribution is 7.91. The molecular weight excluding hydrogens is 384 g/mol. The number of hydrogen-bond acceptors (Lipinski definition) is 5. The number of amides is 4. The molecule has 1 aliphatic heterocycles. The average Bonchev–Trinajstić information content (AvgIpc) is 3.45. The summed E-state index contributed by atoms with van der Waals surface area (Å²) in [6, 6.07) is 5.56. The molecule has 10 heteroatoms. The molecule has 1 heterocycles. The first-order chi connectivity index (χ1) is 13.2. The van der Waals surface area contributed by atoms with Crippen LogP contribution < -0.4 is 16.0 Å². The van der Waals surface area contributed by atoms with Crippen LogP contribution in [0.15, 0.2) is 24.3 Å². The molecule has 1 aromatic rings. The van der Waals surface area contributed by atoms with Crippen molar-refractivity contribution in [1.82, 2.24) is 15.5 Å². The molecule has 1 unspecified atom stereocenters. The van der Waals surface area contributed by atoms with Crippen molar-refractivity contribution in [2.75, 3.05) is 29.9 Å². The van der Waals surface area contributed by atoms with Crippen molar-refractivity contribution in [3.8, 4) is 0 Å². The number of anilines is 1. The number of nitrogens with zero attached hydrogens (tertiary/aromatic N) is 1. The largest absolute Gasteiger partial charge is 0.341 e. The minimum Gasteiger partial charge on any atom is -0.341 e. The second-order valence-electron chi connectivity index (χ2n) is 7.12. The van der Waals surface area contributed by atoms with Crippen molar-refractivity contribution in [3.05, 3.63) is 29.8 Å². The SMILES string of the molecule is CC(NC(=O)c1ccc(NC(=O)NC2CC2)cc1)C(=O)N1CCS(=O)(=O)CC1. The van der Waals surface area contributed by atoms with Gasteiger partial charge in [-0.1, -0.05) is 0 Å². The van der Waals surface area contributed by atoms with Crippen molar-refractivity contribution in [2.45, 2.75) is 31.8 Å². The molecule has 2 fully saturated rings. The average molecular weight is 408 g/mol. The van der Waals surface area contributed by atoms with E-state index in [2.05, 4.69) is 16.0 Å². The van der Waals surface area contributed by atoms with Crippen LogP contribution in [0.1, 0.15) is 30.1 Å². The van der Waals surface area contributed by atoms with E-state index in [0.717, 1.165) is 12.8 Å². The molecule has 1 aromatic carbocycles. The molecule has 3 rings (SSSR count). The third-order valence-electron chi connectivity index (χ3n) is 4.69. The van der Waals surface area contributed by atoms with Gasteiger partial charge in [0.05, 0.1) is 11.5 Å². The zero-order valence-corrected chi connectivity index (χ0v) is 16.4. The van der Waals surface area contributed by atoms with Gasteiger partial charge in [0.1, 0.15) is 6.04 Å². The number of rotatable bonds is 5. The molecule has 152 valence electrons. The molecule has 9 nitrogen and oxygen atoms in total. The predicted octanol–water partition coefficient (Wildman–Crippen LogP) is 0.346. The van der Waals surface area contributed by atoms with Gasteiger partial charge in [0.15, 0.2) is 9.84 Å². The highest BCUT2D eigenvalue weighted by atomic mass is 32.2. The van der Waals surface area contributed by atoms with Gasteiger partial charge in [0, 0.05) is 30.4 Å². The summed E-state index contributed by atoms with van der Waals surface area (Å²) in [6.07, 6.45) is 1.99. The topological polar surface area (TPSA) is 125 Å². The second kappa shape index (κ2) is 8.17. The van der Waals surface area contributed by atoms with E-state index in [0.29, 0.717) is 11.3 Å². The van der Waals surface area contributed by atoms with E-state index < -0.39 is 21.8 Å². The maximum atomic E-state index is 12.4.